The summed E-state index contributed by atoms with van der Waals surface area (Å²) in [5, 5.41) is 8.91. The average molecular weight is 267 g/mol. The standard InChI is InChI=1S/C11H11BrN2O/c1-11(7-13,10(14)15)6-8-2-4-9(12)5-3-8/h2-5H,6H2,1H3,(H2,14,15)/t11-/m0/s1. The van der Waals surface area contributed by atoms with E-state index < -0.39 is 11.3 Å². The number of nitrogens with zero attached hydrogens (tertiary/aromatic N) is 1. The van der Waals surface area contributed by atoms with E-state index in [2.05, 4.69) is 15.9 Å². The van der Waals surface area contributed by atoms with Gasteiger partial charge in [-0.15, -0.1) is 0 Å². The van der Waals surface area contributed by atoms with E-state index in [9.17, 15) is 4.79 Å². The third-order valence-electron chi connectivity index (χ3n) is 2.26. The summed E-state index contributed by atoms with van der Waals surface area (Å²) in [5.41, 5.74) is 4.98. The highest BCUT2D eigenvalue weighted by molar-refractivity contribution is 9.10. The molecule has 1 aromatic rings. The Kier molecular flexibility index (Phi) is 3.48. The van der Waals surface area contributed by atoms with Crippen LogP contribution in [0.4, 0.5) is 0 Å². The second kappa shape index (κ2) is 4.45. The lowest BCUT2D eigenvalue weighted by molar-refractivity contribution is -0.124. The highest BCUT2D eigenvalue weighted by atomic mass is 79.9. The molecule has 0 spiro atoms. The lowest BCUT2D eigenvalue weighted by Gasteiger charge is -2.16. The molecule has 0 saturated heterocycles. The van der Waals surface area contributed by atoms with Gasteiger partial charge in [-0.3, -0.25) is 4.79 Å². The molecule has 0 radical (unpaired) electrons. The van der Waals surface area contributed by atoms with Gasteiger partial charge in [0.15, 0.2) is 0 Å². The summed E-state index contributed by atoms with van der Waals surface area (Å²) < 4.78 is 0.962. The van der Waals surface area contributed by atoms with Crippen molar-refractivity contribution in [1.29, 1.82) is 5.26 Å². The smallest absolute Gasteiger partial charge is 0.237 e. The van der Waals surface area contributed by atoms with E-state index in [0.29, 0.717) is 6.42 Å². The van der Waals surface area contributed by atoms with Gasteiger partial charge >= 0.3 is 0 Å². The van der Waals surface area contributed by atoms with Crippen LogP contribution < -0.4 is 5.73 Å². The lowest BCUT2D eigenvalue weighted by Crippen LogP contribution is -2.34. The van der Waals surface area contributed by atoms with Gasteiger partial charge in [-0.1, -0.05) is 28.1 Å². The Balaban J connectivity index is 2.90. The molecule has 0 aliphatic carbocycles. The van der Waals surface area contributed by atoms with Crippen LogP contribution >= 0.6 is 15.9 Å². The first-order valence-electron chi connectivity index (χ1n) is 4.43. The van der Waals surface area contributed by atoms with Crippen LogP contribution in [0.1, 0.15) is 12.5 Å². The summed E-state index contributed by atoms with van der Waals surface area (Å²) >= 11 is 3.31. The molecule has 1 atom stereocenters. The van der Waals surface area contributed by atoms with Crippen molar-refractivity contribution in [3.63, 3.8) is 0 Å². The minimum Gasteiger partial charge on any atom is -0.368 e. The first-order chi connectivity index (χ1) is 6.98. The van der Waals surface area contributed by atoms with E-state index in [1.54, 1.807) is 6.92 Å². The molecule has 2 N–H and O–H groups in total. The molecule has 1 rings (SSSR count). The summed E-state index contributed by atoms with van der Waals surface area (Å²) in [4.78, 5) is 11.1. The zero-order valence-electron chi connectivity index (χ0n) is 8.33. The number of nitrogens with two attached hydrogens (primary N) is 1. The maximum Gasteiger partial charge on any atom is 0.237 e. The number of amides is 1. The second-order valence-corrected chi connectivity index (χ2v) is 4.53. The third kappa shape index (κ3) is 2.80. The topological polar surface area (TPSA) is 66.9 Å². The van der Waals surface area contributed by atoms with Crippen molar-refractivity contribution in [2.75, 3.05) is 0 Å². The van der Waals surface area contributed by atoms with E-state index in [-0.39, 0.29) is 0 Å². The maximum atomic E-state index is 11.1. The Morgan fingerprint density at radius 2 is 2.07 bits per heavy atom. The quantitative estimate of drug-likeness (QED) is 0.910. The van der Waals surface area contributed by atoms with Gasteiger partial charge in [0.2, 0.25) is 5.91 Å². The van der Waals surface area contributed by atoms with Crippen LogP contribution in [0.15, 0.2) is 28.7 Å². The Morgan fingerprint density at radius 1 is 1.53 bits per heavy atom. The Hall–Kier alpha value is -1.34. The monoisotopic (exact) mass is 266 g/mol. The van der Waals surface area contributed by atoms with Crippen LogP contribution in [0, 0.1) is 16.7 Å². The van der Waals surface area contributed by atoms with Gasteiger partial charge in [0, 0.05) is 4.47 Å². The van der Waals surface area contributed by atoms with Crippen molar-refractivity contribution in [1.82, 2.24) is 0 Å². The van der Waals surface area contributed by atoms with Crippen molar-refractivity contribution in [3.8, 4) is 6.07 Å². The van der Waals surface area contributed by atoms with Gasteiger partial charge in [-0.05, 0) is 31.0 Å². The first kappa shape index (κ1) is 11.7. The summed E-state index contributed by atoms with van der Waals surface area (Å²) in [5.74, 6) is -0.590. The molecule has 0 bridgehead atoms. The van der Waals surface area contributed by atoms with Crippen molar-refractivity contribution in [2.45, 2.75) is 13.3 Å². The van der Waals surface area contributed by atoms with E-state index in [1.165, 1.54) is 0 Å². The minimum absolute atomic E-state index is 0.339. The van der Waals surface area contributed by atoms with Gasteiger partial charge in [0.05, 0.1) is 6.07 Å². The van der Waals surface area contributed by atoms with E-state index in [1.807, 2.05) is 30.3 Å². The molecule has 0 aromatic heterocycles. The number of carbonyl (C=O) groups excluding carboxylic acids is 1. The van der Waals surface area contributed by atoms with Gasteiger partial charge < -0.3 is 5.73 Å². The van der Waals surface area contributed by atoms with Crippen molar-refractivity contribution in [2.24, 2.45) is 11.1 Å². The zero-order chi connectivity index (χ0) is 11.5. The third-order valence-corrected chi connectivity index (χ3v) is 2.79. The molecule has 1 amide bonds. The fourth-order valence-electron chi connectivity index (χ4n) is 1.19. The Labute approximate surface area is 97.0 Å². The molecule has 0 heterocycles. The van der Waals surface area contributed by atoms with Crippen LogP contribution in [0.25, 0.3) is 0 Å². The number of primary amides is 1. The van der Waals surface area contributed by atoms with Crippen molar-refractivity contribution in [3.05, 3.63) is 34.3 Å². The molecule has 0 unspecified atom stereocenters. The fourth-order valence-corrected chi connectivity index (χ4v) is 1.46. The molecule has 0 fully saturated rings. The Bertz CT molecular complexity index is 408. The molecular formula is C11H11BrN2O. The predicted octanol–water partition coefficient (Wildman–Crippen LogP) is 2.01. The first-order valence-corrected chi connectivity index (χ1v) is 5.23. The lowest BCUT2D eigenvalue weighted by atomic mass is 9.84. The highest BCUT2D eigenvalue weighted by Gasteiger charge is 2.31. The average Bonchev–Trinajstić information content (AvgIpc) is 2.21. The number of benzene rings is 1. The van der Waals surface area contributed by atoms with Gasteiger partial charge in [0.25, 0.3) is 0 Å². The number of carbonyl (C=O) groups is 1. The predicted molar refractivity (Wildman–Crippen MR) is 60.8 cm³/mol. The van der Waals surface area contributed by atoms with Crippen LogP contribution in [-0.2, 0) is 11.2 Å². The molecular weight excluding hydrogens is 256 g/mol. The fraction of sp³-hybridized carbons (Fsp3) is 0.273. The zero-order valence-corrected chi connectivity index (χ0v) is 9.91. The van der Waals surface area contributed by atoms with Gasteiger partial charge in [0.1, 0.15) is 5.41 Å². The van der Waals surface area contributed by atoms with Crippen molar-refractivity contribution >= 4 is 21.8 Å². The van der Waals surface area contributed by atoms with Gasteiger partial charge in [-0.2, -0.15) is 5.26 Å². The maximum absolute atomic E-state index is 11.1. The molecule has 1 aromatic carbocycles. The highest BCUT2D eigenvalue weighted by Crippen LogP contribution is 2.22. The SMILES string of the molecule is C[C@@](C#N)(Cc1ccc(Br)cc1)C(N)=O. The molecule has 3 nitrogen and oxygen atoms in total. The summed E-state index contributed by atoms with van der Waals surface area (Å²) in [6.45, 7) is 1.55. The molecule has 78 valence electrons. The van der Waals surface area contributed by atoms with Crippen LogP contribution in [0.2, 0.25) is 0 Å². The summed E-state index contributed by atoms with van der Waals surface area (Å²) in [6.07, 6.45) is 0.339. The number of halogens is 1. The largest absolute Gasteiger partial charge is 0.368 e. The number of nitriles is 1. The van der Waals surface area contributed by atoms with Crippen molar-refractivity contribution < 1.29 is 4.79 Å². The molecule has 0 aliphatic heterocycles. The van der Waals surface area contributed by atoms with E-state index in [0.717, 1.165) is 10.0 Å². The number of hydrogen-bond donors (Lipinski definition) is 1. The Morgan fingerprint density at radius 3 is 2.47 bits per heavy atom. The number of hydrogen-bond acceptors (Lipinski definition) is 2. The summed E-state index contributed by atoms with van der Waals surface area (Å²) in [7, 11) is 0. The van der Waals surface area contributed by atoms with E-state index >= 15 is 0 Å². The summed E-state index contributed by atoms with van der Waals surface area (Å²) in [6, 6.07) is 9.42. The van der Waals surface area contributed by atoms with Crippen LogP contribution in [0.5, 0.6) is 0 Å². The normalized spacial score (nSPS) is 13.9. The molecule has 0 saturated carbocycles. The number of rotatable bonds is 3. The van der Waals surface area contributed by atoms with Crippen LogP contribution in [-0.4, -0.2) is 5.91 Å². The van der Waals surface area contributed by atoms with Crippen LogP contribution in [0.3, 0.4) is 0 Å². The molecule has 0 aliphatic rings. The van der Waals surface area contributed by atoms with Gasteiger partial charge in [-0.25, -0.2) is 0 Å². The molecule has 15 heavy (non-hydrogen) atoms. The van der Waals surface area contributed by atoms with E-state index in [4.69, 9.17) is 11.0 Å². The molecule has 4 heteroatoms. The second-order valence-electron chi connectivity index (χ2n) is 3.61. The minimum atomic E-state index is -1.13.